The van der Waals surface area contributed by atoms with Crippen LogP contribution in [0.1, 0.15) is 16.7 Å². The second-order valence-electron chi connectivity index (χ2n) is 6.50. The van der Waals surface area contributed by atoms with Gasteiger partial charge in [0.15, 0.2) is 0 Å². The number of anilines is 1. The van der Waals surface area contributed by atoms with Crippen LogP contribution in [0.15, 0.2) is 42.5 Å². The Bertz CT molecular complexity index is 980. The van der Waals surface area contributed by atoms with Crippen molar-refractivity contribution in [3.63, 3.8) is 0 Å². The van der Waals surface area contributed by atoms with Gasteiger partial charge >= 0.3 is 6.61 Å². The quantitative estimate of drug-likeness (QED) is 0.795. The highest BCUT2D eigenvalue weighted by molar-refractivity contribution is 7.88. The van der Waals surface area contributed by atoms with E-state index in [2.05, 4.69) is 10.1 Å². The van der Waals surface area contributed by atoms with Gasteiger partial charge in [-0.15, -0.1) is 0 Å². The first kappa shape index (κ1) is 20.2. The molecule has 1 amide bonds. The fourth-order valence-electron chi connectivity index (χ4n) is 3.21. The molecule has 2 aromatic rings. The zero-order valence-electron chi connectivity index (χ0n) is 15.2. The number of para-hydroxylation sites is 1. The molecule has 150 valence electrons. The van der Waals surface area contributed by atoms with Crippen LogP contribution in [0.2, 0.25) is 0 Å². The Balaban J connectivity index is 1.75. The van der Waals surface area contributed by atoms with Crippen molar-refractivity contribution in [2.75, 3.05) is 18.1 Å². The minimum atomic E-state index is -3.29. The number of ether oxygens (including phenoxy) is 1. The maximum atomic E-state index is 12.5. The van der Waals surface area contributed by atoms with Crippen molar-refractivity contribution in [2.45, 2.75) is 26.0 Å². The van der Waals surface area contributed by atoms with Crippen molar-refractivity contribution in [2.24, 2.45) is 0 Å². The fourth-order valence-corrected chi connectivity index (χ4v) is 4.01. The molecule has 1 N–H and O–H groups in total. The van der Waals surface area contributed by atoms with E-state index in [1.807, 2.05) is 6.07 Å². The predicted molar refractivity (Wildman–Crippen MR) is 101 cm³/mol. The first-order valence-electron chi connectivity index (χ1n) is 8.62. The summed E-state index contributed by atoms with van der Waals surface area (Å²) < 4.78 is 54.4. The highest BCUT2D eigenvalue weighted by Crippen LogP contribution is 2.28. The molecule has 0 atom stereocenters. The topological polar surface area (TPSA) is 75.7 Å². The minimum absolute atomic E-state index is 0.0356. The molecule has 0 saturated heterocycles. The number of benzene rings is 2. The molecule has 1 heterocycles. The molecule has 0 spiro atoms. The van der Waals surface area contributed by atoms with Crippen LogP contribution in [0.25, 0.3) is 0 Å². The molecule has 9 heteroatoms. The van der Waals surface area contributed by atoms with Crippen molar-refractivity contribution >= 4 is 21.6 Å². The summed E-state index contributed by atoms with van der Waals surface area (Å²) >= 11 is 0. The smallest absolute Gasteiger partial charge is 0.387 e. The SMILES string of the molecule is CS(=O)(=O)N1CCc2c(cccc2NC(=O)Cc2ccccc2OC(F)F)C1. The summed E-state index contributed by atoms with van der Waals surface area (Å²) in [7, 11) is -3.29. The summed E-state index contributed by atoms with van der Waals surface area (Å²) in [6.07, 6.45) is 1.52. The number of rotatable bonds is 6. The summed E-state index contributed by atoms with van der Waals surface area (Å²) in [6, 6.07) is 11.5. The molecule has 0 fully saturated rings. The maximum absolute atomic E-state index is 12.5. The van der Waals surface area contributed by atoms with E-state index in [1.165, 1.54) is 16.6 Å². The summed E-state index contributed by atoms with van der Waals surface area (Å²) in [6.45, 7) is -2.38. The summed E-state index contributed by atoms with van der Waals surface area (Å²) in [5.74, 6) is -0.407. The van der Waals surface area contributed by atoms with Gasteiger partial charge in [-0.3, -0.25) is 4.79 Å². The zero-order chi connectivity index (χ0) is 20.3. The van der Waals surface area contributed by atoms with E-state index in [0.29, 0.717) is 24.2 Å². The molecular formula is C19H20F2N2O4S. The molecule has 6 nitrogen and oxygen atoms in total. The molecule has 2 aromatic carbocycles. The van der Waals surface area contributed by atoms with Crippen LogP contribution in [0, 0.1) is 0 Å². The number of fused-ring (bicyclic) bond motifs is 1. The molecule has 0 aliphatic carbocycles. The van der Waals surface area contributed by atoms with Crippen molar-refractivity contribution in [3.05, 3.63) is 59.2 Å². The molecule has 1 aliphatic heterocycles. The first-order chi connectivity index (χ1) is 13.2. The number of hydrogen-bond donors (Lipinski definition) is 1. The van der Waals surface area contributed by atoms with Gasteiger partial charge < -0.3 is 10.1 Å². The van der Waals surface area contributed by atoms with E-state index in [1.54, 1.807) is 30.3 Å². The largest absolute Gasteiger partial charge is 0.435 e. The fraction of sp³-hybridized carbons (Fsp3) is 0.316. The lowest BCUT2D eigenvalue weighted by Crippen LogP contribution is -2.35. The Morgan fingerprint density at radius 2 is 1.96 bits per heavy atom. The van der Waals surface area contributed by atoms with Crippen LogP contribution in [-0.4, -0.2) is 38.0 Å². The van der Waals surface area contributed by atoms with E-state index in [-0.39, 0.29) is 24.6 Å². The normalized spacial score (nSPS) is 14.6. The number of nitrogens with zero attached hydrogens (tertiary/aromatic N) is 1. The van der Waals surface area contributed by atoms with E-state index < -0.39 is 16.6 Å². The van der Waals surface area contributed by atoms with Gasteiger partial charge in [0, 0.05) is 24.3 Å². The third-order valence-corrected chi connectivity index (χ3v) is 5.76. The van der Waals surface area contributed by atoms with Crippen LogP contribution in [0.3, 0.4) is 0 Å². The minimum Gasteiger partial charge on any atom is -0.435 e. The number of amides is 1. The lowest BCUT2D eigenvalue weighted by Gasteiger charge is -2.28. The third kappa shape index (κ3) is 4.85. The van der Waals surface area contributed by atoms with Crippen molar-refractivity contribution in [3.8, 4) is 5.75 Å². The average Bonchev–Trinajstić information content (AvgIpc) is 2.62. The standard InChI is InChI=1S/C19H20F2N2O4S/c1-28(25,26)23-10-9-15-14(12-23)6-4-7-16(15)22-18(24)11-13-5-2-3-8-17(13)27-19(20)21/h2-8,19H,9-12H2,1H3,(H,22,24). The summed E-state index contributed by atoms with van der Waals surface area (Å²) in [5.41, 5.74) is 2.67. The van der Waals surface area contributed by atoms with Gasteiger partial charge in [0.05, 0.1) is 12.7 Å². The van der Waals surface area contributed by atoms with E-state index in [9.17, 15) is 22.0 Å². The maximum Gasteiger partial charge on any atom is 0.387 e. The van der Waals surface area contributed by atoms with Crippen molar-refractivity contribution in [1.82, 2.24) is 4.31 Å². The Morgan fingerprint density at radius 1 is 1.21 bits per heavy atom. The van der Waals surface area contributed by atoms with Crippen LogP contribution < -0.4 is 10.1 Å². The van der Waals surface area contributed by atoms with Crippen molar-refractivity contribution < 1.29 is 26.7 Å². The number of halogens is 2. The Morgan fingerprint density at radius 3 is 2.68 bits per heavy atom. The number of sulfonamides is 1. The van der Waals surface area contributed by atoms with Crippen molar-refractivity contribution in [1.29, 1.82) is 0 Å². The van der Waals surface area contributed by atoms with E-state index in [0.717, 1.165) is 11.1 Å². The average molecular weight is 410 g/mol. The third-order valence-electron chi connectivity index (χ3n) is 4.51. The molecule has 28 heavy (non-hydrogen) atoms. The lowest BCUT2D eigenvalue weighted by molar-refractivity contribution is -0.115. The number of nitrogens with one attached hydrogen (secondary N) is 1. The monoisotopic (exact) mass is 410 g/mol. The van der Waals surface area contributed by atoms with Gasteiger partial charge in [-0.25, -0.2) is 8.42 Å². The highest BCUT2D eigenvalue weighted by Gasteiger charge is 2.25. The number of carbonyl (C=O) groups is 1. The van der Waals surface area contributed by atoms with Crippen LogP contribution in [-0.2, 0) is 34.2 Å². The van der Waals surface area contributed by atoms with Gasteiger partial charge in [-0.1, -0.05) is 30.3 Å². The highest BCUT2D eigenvalue weighted by atomic mass is 32.2. The molecule has 0 bridgehead atoms. The molecule has 0 saturated carbocycles. The number of carbonyl (C=O) groups excluding carboxylic acids is 1. The van der Waals surface area contributed by atoms with E-state index in [4.69, 9.17) is 0 Å². The molecule has 0 radical (unpaired) electrons. The predicted octanol–water partition coefficient (Wildman–Crippen LogP) is 2.79. The Labute approximate surface area is 162 Å². The van der Waals surface area contributed by atoms with Crippen LogP contribution in [0.4, 0.5) is 14.5 Å². The van der Waals surface area contributed by atoms with Crippen LogP contribution >= 0.6 is 0 Å². The van der Waals surface area contributed by atoms with Gasteiger partial charge in [-0.2, -0.15) is 13.1 Å². The molecule has 0 aromatic heterocycles. The second kappa shape index (κ2) is 8.24. The van der Waals surface area contributed by atoms with Gasteiger partial charge in [-0.05, 0) is 29.7 Å². The first-order valence-corrected chi connectivity index (χ1v) is 10.5. The second-order valence-corrected chi connectivity index (χ2v) is 8.48. The summed E-state index contributed by atoms with van der Waals surface area (Å²) in [5, 5.41) is 2.80. The van der Waals surface area contributed by atoms with Gasteiger partial charge in [0.1, 0.15) is 5.75 Å². The van der Waals surface area contributed by atoms with Gasteiger partial charge in [0.25, 0.3) is 0 Å². The zero-order valence-corrected chi connectivity index (χ0v) is 16.0. The molecular weight excluding hydrogens is 390 g/mol. The Hall–Kier alpha value is -2.52. The summed E-state index contributed by atoms with van der Waals surface area (Å²) in [4.78, 5) is 12.5. The Kier molecular flexibility index (Phi) is 5.95. The number of hydrogen-bond acceptors (Lipinski definition) is 4. The van der Waals surface area contributed by atoms with E-state index >= 15 is 0 Å². The molecule has 0 unspecified atom stereocenters. The molecule has 3 rings (SSSR count). The van der Waals surface area contributed by atoms with Gasteiger partial charge in [0.2, 0.25) is 15.9 Å². The van der Waals surface area contributed by atoms with Crippen LogP contribution in [0.5, 0.6) is 5.75 Å². The number of alkyl halides is 2. The lowest BCUT2D eigenvalue weighted by atomic mass is 9.99. The molecule has 1 aliphatic rings.